The summed E-state index contributed by atoms with van der Waals surface area (Å²) < 4.78 is 0. The van der Waals surface area contributed by atoms with E-state index >= 15 is 0 Å². The van der Waals surface area contributed by atoms with E-state index in [1.54, 1.807) is 0 Å². The first-order valence-electron chi connectivity index (χ1n) is 16.6. The van der Waals surface area contributed by atoms with E-state index in [9.17, 15) is 0 Å². The van der Waals surface area contributed by atoms with E-state index in [0.717, 1.165) is 72.8 Å². The first-order valence-corrected chi connectivity index (χ1v) is 18.2. The Balaban J connectivity index is 0.000000569. The van der Waals surface area contributed by atoms with Crippen LogP contribution < -0.4 is 0 Å². The van der Waals surface area contributed by atoms with Crippen molar-refractivity contribution in [2.75, 3.05) is 80.5 Å². The van der Waals surface area contributed by atoms with Gasteiger partial charge in [-0.1, -0.05) is 0 Å². The van der Waals surface area contributed by atoms with Crippen molar-refractivity contribution in [3.8, 4) is 0 Å². The molecule has 4 fully saturated rings. The Morgan fingerprint density at radius 1 is 0.356 bits per heavy atom. The van der Waals surface area contributed by atoms with Gasteiger partial charge in [-0.2, -0.15) is 0 Å². The van der Waals surface area contributed by atoms with Crippen LogP contribution in [0.3, 0.4) is 0 Å². The summed E-state index contributed by atoms with van der Waals surface area (Å²) in [6, 6.07) is 2.19. The van der Waals surface area contributed by atoms with E-state index in [1.807, 2.05) is 0 Å². The van der Waals surface area contributed by atoms with E-state index in [1.165, 1.54) is 25.7 Å². The van der Waals surface area contributed by atoms with Crippen LogP contribution in [0, 0.1) is 0 Å². The van der Waals surface area contributed by atoms with E-state index in [0.29, 0.717) is 24.2 Å². The van der Waals surface area contributed by atoms with Crippen LogP contribution in [0.5, 0.6) is 0 Å². The van der Waals surface area contributed by atoms with E-state index in [-0.39, 0.29) is 21.1 Å². The normalized spacial score (nSPS) is 19.4. The number of thiocarbonyl (C=S) groups is 4. The van der Waals surface area contributed by atoms with Gasteiger partial charge in [-0.3, -0.25) is 0 Å². The maximum atomic E-state index is 5.28. The molecule has 0 radical (unpaired) electrons. The van der Waals surface area contributed by atoms with Crippen LogP contribution in [-0.2, 0) is 21.1 Å². The van der Waals surface area contributed by atoms with Gasteiger partial charge in [0, 0.05) is 126 Å². The van der Waals surface area contributed by atoms with Gasteiger partial charge >= 0.3 is 0 Å². The number of rotatable bonds is 4. The van der Waals surface area contributed by atoms with Crippen molar-refractivity contribution >= 4 is 69.3 Å². The molecule has 266 valence electrons. The Labute approximate surface area is 313 Å². The second-order valence-electron chi connectivity index (χ2n) is 13.4. The SMILES string of the molecule is CC(C)N1CCCN(C)C1=S.CC(C)N1CCCN(C)C1=S.CC(C)N1CCCN(C)C1=S.CC(C)N1CCCN(C)C1=S.[Pt]. The maximum absolute atomic E-state index is 5.28. The van der Waals surface area contributed by atoms with Crippen LogP contribution in [0.2, 0.25) is 0 Å². The molecule has 4 aliphatic rings. The summed E-state index contributed by atoms with van der Waals surface area (Å²) in [7, 11) is 8.27. The fourth-order valence-corrected chi connectivity index (χ4v) is 7.05. The number of hydrogen-bond donors (Lipinski definition) is 0. The van der Waals surface area contributed by atoms with Crippen molar-refractivity contribution in [2.24, 2.45) is 0 Å². The first-order chi connectivity index (χ1) is 20.5. The van der Waals surface area contributed by atoms with Crippen molar-refractivity contribution in [3.05, 3.63) is 0 Å². The molecule has 0 unspecified atom stereocenters. The molecular weight excluding hydrogens is 820 g/mol. The van der Waals surface area contributed by atoms with Gasteiger partial charge in [0.25, 0.3) is 0 Å². The van der Waals surface area contributed by atoms with Gasteiger partial charge in [-0.25, -0.2) is 0 Å². The molecule has 4 aliphatic heterocycles. The van der Waals surface area contributed by atoms with Gasteiger partial charge < -0.3 is 39.2 Å². The summed E-state index contributed by atoms with van der Waals surface area (Å²) in [6.07, 6.45) is 4.92. The van der Waals surface area contributed by atoms with Crippen molar-refractivity contribution in [3.63, 3.8) is 0 Å². The van der Waals surface area contributed by atoms with E-state index in [4.69, 9.17) is 48.9 Å². The molecule has 4 saturated heterocycles. The molecule has 0 aromatic carbocycles. The van der Waals surface area contributed by atoms with Gasteiger partial charge in [0.2, 0.25) is 0 Å². The third kappa shape index (κ3) is 14.6. The molecule has 0 atom stereocenters. The molecule has 0 aromatic rings. The number of hydrogen-bond acceptors (Lipinski definition) is 4. The molecule has 0 spiro atoms. The smallest absolute Gasteiger partial charge is 0.171 e. The van der Waals surface area contributed by atoms with Gasteiger partial charge in [-0.05, 0) is 130 Å². The Kier molecular flexibility index (Phi) is 21.9. The van der Waals surface area contributed by atoms with Crippen LogP contribution in [0.15, 0.2) is 0 Å². The topological polar surface area (TPSA) is 25.9 Å². The Hall–Kier alpha value is -0.552. The summed E-state index contributed by atoms with van der Waals surface area (Å²) in [5.41, 5.74) is 0. The second-order valence-corrected chi connectivity index (χ2v) is 14.8. The molecule has 0 aliphatic carbocycles. The largest absolute Gasteiger partial charge is 0.352 e. The minimum Gasteiger partial charge on any atom is -0.352 e. The van der Waals surface area contributed by atoms with E-state index in [2.05, 4.69) is 123 Å². The summed E-state index contributed by atoms with van der Waals surface area (Å²) in [4.78, 5) is 17.7. The predicted octanol–water partition coefficient (Wildman–Crippen LogP) is 5.27. The molecule has 0 bridgehead atoms. The van der Waals surface area contributed by atoms with E-state index < -0.39 is 0 Å². The second kappa shape index (κ2) is 22.2. The van der Waals surface area contributed by atoms with Crippen molar-refractivity contribution < 1.29 is 21.1 Å². The Bertz CT molecular complexity index is 776. The van der Waals surface area contributed by atoms with Crippen LogP contribution in [0.1, 0.15) is 81.1 Å². The van der Waals surface area contributed by atoms with Crippen molar-refractivity contribution in [2.45, 2.75) is 105 Å². The summed E-state index contributed by atoms with van der Waals surface area (Å²) in [5, 5.41) is 4.02. The van der Waals surface area contributed by atoms with Gasteiger partial charge in [0.1, 0.15) is 0 Å². The zero-order valence-electron chi connectivity index (χ0n) is 30.3. The molecule has 45 heavy (non-hydrogen) atoms. The Morgan fingerprint density at radius 2 is 0.511 bits per heavy atom. The molecule has 0 aromatic heterocycles. The fraction of sp³-hybridized carbons (Fsp3) is 0.875. The van der Waals surface area contributed by atoms with Gasteiger partial charge in [-0.15, -0.1) is 0 Å². The van der Waals surface area contributed by atoms with Gasteiger partial charge in [0.15, 0.2) is 20.4 Å². The average molecular weight is 884 g/mol. The molecule has 8 nitrogen and oxygen atoms in total. The third-order valence-electron chi connectivity index (χ3n) is 8.35. The summed E-state index contributed by atoms with van der Waals surface area (Å²) in [5.74, 6) is 0. The quantitative estimate of drug-likeness (QED) is 0.345. The van der Waals surface area contributed by atoms with Gasteiger partial charge in [0.05, 0.1) is 0 Å². The van der Waals surface area contributed by atoms with Crippen LogP contribution >= 0.6 is 48.9 Å². The molecule has 13 heteroatoms. The van der Waals surface area contributed by atoms with Crippen molar-refractivity contribution in [1.29, 1.82) is 0 Å². The molecule has 0 saturated carbocycles. The van der Waals surface area contributed by atoms with Crippen LogP contribution in [-0.4, -0.2) is 164 Å². The monoisotopic (exact) mass is 883 g/mol. The first kappa shape index (κ1) is 44.4. The minimum absolute atomic E-state index is 0. The zero-order valence-corrected chi connectivity index (χ0v) is 35.9. The average Bonchev–Trinajstić information content (AvgIpc) is 2.95. The maximum Gasteiger partial charge on any atom is 0.171 e. The molecule has 4 heterocycles. The molecule has 4 rings (SSSR count). The fourth-order valence-electron chi connectivity index (χ4n) is 5.47. The zero-order chi connectivity index (χ0) is 33.7. The Morgan fingerprint density at radius 3 is 0.622 bits per heavy atom. The molecule has 0 N–H and O–H groups in total. The van der Waals surface area contributed by atoms with Crippen molar-refractivity contribution in [1.82, 2.24) is 39.2 Å². The third-order valence-corrected chi connectivity index (χ3v) is 10.5. The number of nitrogens with zero attached hydrogens (tertiary/aromatic N) is 8. The van der Waals surface area contributed by atoms with Crippen LogP contribution in [0.4, 0.5) is 0 Å². The standard InChI is InChI=1S/4C8H16N2S.Pt/c4*1-7(2)10-6-4-5-9(3)8(10)11;/h4*7H,4-6H2,1-3H3;. The summed E-state index contributed by atoms with van der Waals surface area (Å²) in [6.45, 7) is 26.4. The van der Waals surface area contributed by atoms with Crippen LogP contribution in [0.25, 0.3) is 0 Å². The predicted molar refractivity (Wildman–Crippen MR) is 207 cm³/mol. The minimum atomic E-state index is 0. The summed E-state index contributed by atoms with van der Waals surface area (Å²) >= 11 is 21.1. The molecule has 0 amide bonds. The molecular formula is C32H64N8PtS4.